The molecule has 0 heterocycles. The third kappa shape index (κ3) is 47.5. The van der Waals surface area contributed by atoms with Gasteiger partial charge < -0.3 is 20.1 Å². The molecule has 0 aliphatic rings. The minimum absolute atomic E-state index is 0.0490. The lowest BCUT2D eigenvalue weighted by Crippen LogP contribution is -2.29. The molecule has 0 rings (SSSR count). The Labute approximate surface area is 375 Å². The highest BCUT2D eigenvalue weighted by Gasteiger charge is 2.26. The lowest BCUT2D eigenvalue weighted by Gasteiger charge is -2.19. The summed E-state index contributed by atoms with van der Waals surface area (Å²) in [6.45, 7) is 3.61. The largest absolute Gasteiger partial charge is 0.472 e. The van der Waals surface area contributed by atoms with E-state index in [0.29, 0.717) is 6.42 Å². The molecule has 358 valence electrons. The maximum Gasteiger partial charge on any atom is 0.472 e. The van der Waals surface area contributed by atoms with Crippen LogP contribution >= 0.6 is 7.82 Å². The highest BCUT2D eigenvalue weighted by atomic mass is 31.2. The van der Waals surface area contributed by atoms with E-state index in [1.54, 1.807) is 0 Å². The van der Waals surface area contributed by atoms with E-state index in [0.717, 1.165) is 57.8 Å². The Hall–Kier alpha value is -1.77. The molecule has 0 fully saturated rings. The monoisotopic (exact) mass is 882 g/mol. The summed E-state index contributed by atoms with van der Waals surface area (Å²) in [5, 5.41) is 0. The number of ether oxygens (including phenoxy) is 2. The fraction of sp³-hybridized carbons (Fsp3) is 0.843. The molecule has 10 heteroatoms. The summed E-state index contributed by atoms with van der Waals surface area (Å²) in [6.07, 6.45) is 55.0. The zero-order valence-corrected chi connectivity index (χ0v) is 40.5. The normalized spacial score (nSPS) is 13.4. The number of unbranched alkanes of at least 4 members (excludes halogenated alkanes) is 29. The summed E-state index contributed by atoms with van der Waals surface area (Å²) in [5.41, 5.74) is 5.35. The Kier molecular flexibility index (Phi) is 46.3. The van der Waals surface area contributed by atoms with Crippen molar-refractivity contribution in [1.82, 2.24) is 0 Å². The van der Waals surface area contributed by atoms with Gasteiger partial charge in [-0.2, -0.15) is 0 Å². The molecule has 2 atom stereocenters. The molecule has 0 bridgehead atoms. The SMILES string of the molecule is CC/C=C\C/C=C\C/C=C\CCCCCC(=O)OC(COC(=O)CCCCCCCCCCCCCCCCCCCCCCCCCCCCC)COP(=O)(O)OCCN. The van der Waals surface area contributed by atoms with Gasteiger partial charge in [-0.1, -0.05) is 224 Å². The quantitative estimate of drug-likeness (QED) is 0.0265. The van der Waals surface area contributed by atoms with Crippen molar-refractivity contribution in [1.29, 1.82) is 0 Å². The second-order valence-corrected chi connectivity index (χ2v) is 18.5. The van der Waals surface area contributed by atoms with Crippen LogP contribution in [0.2, 0.25) is 0 Å². The first-order valence-corrected chi connectivity index (χ1v) is 27.0. The average Bonchev–Trinajstić information content (AvgIpc) is 3.25. The van der Waals surface area contributed by atoms with Gasteiger partial charge in [0.1, 0.15) is 6.61 Å². The van der Waals surface area contributed by atoms with E-state index >= 15 is 0 Å². The number of carbonyl (C=O) groups excluding carboxylic acids is 2. The first-order valence-electron chi connectivity index (χ1n) is 25.5. The summed E-state index contributed by atoms with van der Waals surface area (Å²) >= 11 is 0. The minimum Gasteiger partial charge on any atom is -0.462 e. The molecule has 0 saturated carbocycles. The topological polar surface area (TPSA) is 134 Å². The Bertz CT molecular complexity index is 1100. The molecule has 0 aliphatic heterocycles. The van der Waals surface area contributed by atoms with Gasteiger partial charge in [0.25, 0.3) is 0 Å². The fourth-order valence-corrected chi connectivity index (χ4v) is 8.06. The van der Waals surface area contributed by atoms with Crippen LogP contribution in [0, 0.1) is 0 Å². The van der Waals surface area contributed by atoms with Gasteiger partial charge in [0, 0.05) is 19.4 Å². The van der Waals surface area contributed by atoms with Crippen LogP contribution in [-0.2, 0) is 32.7 Å². The summed E-state index contributed by atoms with van der Waals surface area (Å²) in [7, 11) is -4.39. The molecule has 0 aromatic rings. The molecule has 61 heavy (non-hydrogen) atoms. The molecule has 0 spiro atoms. The summed E-state index contributed by atoms with van der Waals surface area (Å²) in [5.74, 6) is -0.854. The molecule has 0 amide bonds. The number of phosphoric ester groups is 1. The van der Waals surface area contributed by atoms with E-state index in [-0.39, 0.29) is 38.6 Å². The van der Waals surface area contributed by atoms with Gasteiger partial charge in [0.2, 0.25) is 0 Å². The first kappa shape index (κ1) is 59.2. The Balaban J connectivity index is 3.92. The maximum atomic E-state index is 12.6. The van der Waals surface area contributed by atoms with E-state index in [1.807, 2.05) is 0 Å². The predicted octanol–water partition coefficient (Wildman–Crippen LogP) is 15.3. The van der Waals surface area contributed by atoms with Crippen LogP contribution in [0.15, 0.2) is 36.5 Å². The number of phosphoric acid groups is 1. The van der Waals surface area contributed by atoms with E-state index in [9.17, 15) is 19.0 Å². The highest BCUT2D eigenvalue weighted by Crippen LogP contribution is 2.43. The number of hydrogen-bond acceptors (Lipinski definition) is 8. The number of carbonyl (C=O) groups is 2. The van der Waals surface area contributed by atoms with Crippen molar-refractivity contribution in [2.75, 3.05) is 26.4 Å². The van der Waals surface area contributed by atoms with E-state index < -0.39 is 26.5 Å². The number of rotatable bonds is 48. The van der Waals surface area contributed by atoms with Crippen LogP contribution in [0.5, 0.6) is 0 Å². The second-order valence-electron chi connectivity index (χ2n) is 17.0. The smallest absolute Gasteiger partial charge is 0.462 e. The standard InChI is InChI=1S/C51H96NO8P/c1-3-5-7-9-11-13-15-17-18-19-20-21-22-23-24-25-26-27-28-29-30-32-33-35-37-39-41-43-50(53)57-47-49(48-59-61(55,56)58-46-45-52)60-51(54)44-42-40-38-36-34-31-16-14-12-10-8-6-4-2/h6,8,12,14,31,34,49H,3-5,7,9-11,13,15-30,32-33,35-48,52H2,1-2H3,(H,55,56)/b8-6-,14-12-,34-31-. The third-order valence-corrected chi connectivity index (χ3v) is 12.0. The molecule has 0 saturated heterocycles. The first-order chi connectivity index (χ1) is 29.8. The van der Waals surface area contributed by atoms with Gasteiger partial charge in [-0.25, -0.2) is 4.57 Å². The van der Waals surface area contributed by atoms with Crippen LogP contribution in [-0.4, -0.2) is 49.3 Å². The summed E-state index contributed by atoms with van der Waals surface area (Å²) in [6, 6.07) is 0. The zero-order chi connectivity index (χ0) is 44.6. The average molecular weight is 882 g/mol. The van der Waals surface area contributed by atoms with Crippen LogP contribution in [0.3, 0.4) is 0 Å². The number of nitrogens with two attached hydrogens (primary N) is 1. The molecule has 3 N–H and O–H groups in total. The van der Waals surface area contributed by atoms with E-state index in [1.165, 1.54) is 154 Å². The van der Waals surface area contributed by atoms with Gasteiger partial charge in [-0.05, 0) is 44.9 Å². The van der Waals surface area contributed by atoms with E-state index in [2.05, 4.69) is 50.3 Å². The lowest BCUT2D eigenvalue weighted by molar-refractivity contribution is -0.161. The van der Waals surface area contributed by atoms with Gasteiger partial charge in [0.15, 0.2) is 6.10 Å². The van der Waals surface area contributed by atoms with Crippen LogP contribution in [0.1, 0.15) is 245 Å². The van der Waals surface area contributed by atoms with Gasteiger partial charge in [-0.3, -0.25) is 18.6 Å². The Morgan fingerprint density at radius 2 is 0.902 bits per heavy atom. The van der Waals surface area contributed by atoms with Crippen molar-refractivity contribution in [3.05, 3.63) is 36.5 Å². The van der Waals surface area contributed by atoms with Crippen LogP contribution in [0.4, 0.5) is 0 Å². The second kappa shape index (κ2) is 47.7. The van der Waals surface area contributed by atoms with Gasteiger partial charge in [-0.15, -0.1) is 0 Å². The highest BCUT2D eigenvalue weighted by molar-refractivity contribution is 7.47. The van der Waals surface area contributed by atoms with Crippen molar-refractivity contribution < 1.29 is 37.6 Å². The molecular weight excluding hydrogens is 786 g/mol. The van der Waals surface area contributed by atoms with Crippen molar-refractivity contribution in [2.45, 2.75) is 251 Å². The Morgan fingerprint density at radius 3 is 1.34 bits per heavy atom. The van der Waals surface area contributed by atoms with Crippen molar-refractivity contribution in [3.63, 3.8) is 0 Å². The molecule has 0 aromatic heterocycles. The van der Waals surface area contributed by atoms with Crippen LogP contribution in [0.25, 0.3) is 0 Å². The summed E-state index contributed by atoms with van der Waals surface area (Å²) < 4.78 is 32.8. The number of allylic oxidation sites excluding steroid dienone is 6. The fourth-order valence-electron chi connectivity index (χ4n) is 7.30. The molecule has 9 nitrogen and oxygen atoms in total. The number of esters is 2. The summed E-state index contributed by atoms with van der Waals surface area (Å²) in [4.78, 5) is 34.9. The molecule has 2 unspecified atom stereocenters. The predicted molar refractivity (Wildman–Crippen MR) is 257 cm³/mol. The molecule has 0 aliphatic carbocycles. The van der Waals surface area contributed by atoms with Crippen molar-refractivity contribution in [2.24, 2.45) is 5.73 Å². The zero-order valence-electron chi connectivity index (χ0n) is 39.7. The lowest BCUT2D eigenvalue weighted by atomic mass is 10.0. The van der Waals surface area contributed by atoms with Gasteiger partial charge >= 0.3 is 19.8 Å². The van der Waals surface area contributed by atoms with Crippen molar-refractivity contribution in [3.8, 4) is 0 Å². The molecule has 0 aromatic carbocycles. The number of hydrogen-bond donors (Lipinski definition) is 2. The maximum absolute atomic E-state index is 12.6. The molecule has 0 radical (unpaired) electrons. The van der Waals surface area contributed by atoms with Crippen molar-refractivity contribution >= 4 is 19.8 Å². The van der Waals surface area contributed by atoms with E-state index in [4.69, 9.17) is 24.3 Å². The minimum atomic E-state index is -4.39. The molecular formula is C51H96NO8P. The third-order valence-electron chi connectivity index (χ3n) is 11.0. The van der Waals surface area contributed by atoms with Gasteiger partial charge in [0.05, 0.1) is 13.2 Å². The van der Waals surface area contributed by atoms with Crippen LogP contribution < -0.4 is 5.73 Å². The Morgan fingerprint density at radius 1 is 0.508 bits per heavy atom.